The van der Waals surface area contributed by atoms with Crippen LogP contribution in [0.25, 0.3) is 11.3 Å². The van der Waals surface area contributed by atoms with Gasteiger partial charge < -0.3 is 10.5 Å². The van der Waals surface area contributed by atoms with Crippen LogP contribution in [-0.4, -0.2) is 28.4 Å². The quantitative estimate of drug-likeness (QED) is 0.324. The van der Waals surface area contributed by atoms with Crippen molar-refractivity contribution in [1.29, 1.82) is 0 Å². The second-order valence-corrected chi connectivity index (χ2v) is 9.11. The van der Waals surface area contributed by atoms with E-state index in [1.807, 2.05) is 6.07 Å². The highest BCUT2D eigenvalue weighted by Crippen LogP contribution is 2.37. The van der Waals surface area contributed by atoms with Gasteiger partial charge in [-0.25, -0.2) is 18.2 Å². The van der Waals surface area contributed by atoms with Gasteiger partial charge in [-0.1, -0.05) is 6.92 Å². The summed E-state index contributed by atoms with van der Waals surface area (Å²) in [4.78, 5) is 21.1. The number of carbonyl (C=O) groups is 1. The Balaban J connectivity index is 1.63. The van der Waals surface area contributed by atoms with Gasteiger partial charge in [0, 0.05) is 37.0 Å². The molecular weight excluding hydrogens is 481 g/mol. The minimum absolute atomic E-state index is 0.0547. The first-order valence-corrected chi connectivity index (χ1v) is 11.4. The molecule has 2 N–H and O–H groups in total. The van der Waals surface area contributed by atoms with Crippen molar-refractivity contribution in [1.82, 2.24) is 9.97 Å². The fraction of sp³-hybridized carbons (Fsp3) is 0.346. The molecule has 190 valence electrons. The number of aromatic nitrogens is 2. The number of alkyl halides is 2. The van der Waals surface area contributed by atoms with E-state index in [2.05, 4.69) is 21.6 Å². The molecule has 5 nitrogen and oxygen atoms in total. The van der Waals surface area contributed by atoms with E-state index in [-0.39, 0.29) is 24.1 Å². The molecule has 2 aromatic heterocycles. The summed E-state index contributed by atoms with van der Waals surface area (Å²) >= 11 is 0. The maximum atomic E-state index is 14.6. The van der Waals surface area contributed by atoms with Gasteiger partial charge in [-0.2, -0.15) is 8.78 Å². The Hall–Kier alpha value is -3.40. The van der Waals surface area contributed by atoms with Gasteiger partial charge in [0.2, 0.25) is 0 Å². The van der Waals surface area contributed by atoms with Crippen LogP contribution in [0.2, 0.25) is 0 Å². The second kappa shape index (κ2) is 10.7. The minimum Gasteiger partial charge on any atom is -0.435 e. The van der Waals surface area contributed by atoms with Crippen molar-refractivity contribution in [2.75, 3.05) is 0 Å². The van der Waals surface area contributed by atoms with Crippen LogP contribution in [0.4, 0.5) is 22.0 Å². The highest BCUT2D eigenvalue weighted by molar-refractivity contribution is 5.96. The molecule has 4 rings (SSSR count). The Morgan fingerprint density at radius 2 is 1.81 bits per heavy atom. The van der Waals surface area contributed by atoms with Crippen molar-refractivity contribution in [2.45, 2.75) is 51.2 Å². The lowest BCUT2D eigenvalue weighted by atomic mass is 9.75. The molecular formula is C26H24F5N3O2. The molecule has 1 aliphatic carbocycles. The van der Waals surface area contributed by atoms with E-state index in [4.69, 9.17) is 5.73 Å². The van der Waals surface area contributed by atoms with Crippen molar-refractivity contribution in [3.63, 3.8) is 0 Å². The van der Waals surface area contributed by atoms with E-state index < -0.39 is 46.9 Å². The molecule has 0 radical (unpaired) electrons. The zero-order valence-corrected chi connectivity index (χ0v) is 19.4. The summed E-state index contributed by atoms with van der Waals surface area (Å²) in [5.41, 5.74) is 5.98. The predicted octanol–water partition coefficient (Wildman–Crippen LogP) is 5.82. The van der Waals surface area contributed by atoms with Gasteiger partial charge in [0.05, 0.1) is 5.56 Å². The lowest BCUT2D eigenvalue weighted by molar-refractivity contribution is -0.0501. The number of nitrogens with two attached hydrogens (primary N) is 1. The summed E-state index contributed by atoms with van der Waals surface area (Å²) in [6.07, 6.45) is 5.76. The van der Waals surface area contributed by atoms with Gasteiger partial charge in [0.1, 0.15) is 34.6 Å². The van der Waals surface area contributed by atoms with E-state index in [1.165, 1.54) is 0 Å². The second-order valence-electron chi connectivity index (χ2n) is 9.11. The fourth-order valence-electron chi connectivity index (χ4n) is 4.88. The molecule has 1 saturated carbocycles. The molecule has 2 heterocycles. The smallest absolute Gasteiger partial charge is 0.387 e. The summed E-state index contributed by atoms with van der Waals surface area (Å²) in [6, 6.07) is 4.91. The SMILES string of the molecule is C[C@@H]1C[C@H](N)C[C@H](c2ccncc2CC(=O)c2ccc(F)c(-c3c(F)cc(OC(F)F)cc3F)n2)C1. The number of rotatable bonds is 7. The third kappa shape index (κ3) is 5.70. The summed E-state index contributed by atoms with van der Waals surface area (Å²) < 4.78 is 72.4. The van der Waals surface area contributed by atoms with E-state index in [0.29, 0.717) is 23.6 Å². The first-order chi connectivity index (χ1) is 17.1. The Morgan fingerprint density at radius 1 is 1.08 bits per heavy atom. The first kappa shape index (κ1) is 25.7. The number of benzene rings is 1. The van der Waals surface area contributed by atoms with Gasteiger partial charge >= 0.3 is 6.61 Å². The summed E-state index contributed by atoms with van der Waals surface area (Å²) in [6.45, 7) is -1.16. The van der Waals surface area contributed by atoms with Crippen LogP contribution in [-0.2, 0) is 6.42 Å². The molecule has 3 atom stereocenters. The topological polar surface area (TPSA) is 78.1 Å². The van der Waals surface area contributed by atoms with Crippen molar-refractivity contribution >= 4 is 5.78 Å². The van der Waals surface area contributed by atoms with Gasteiger partial charge in [-0.3, -0.25) is 9.78 Å². The van der Waals surface area contributed by atoms with E-state index in [9.17, 15) is 26.7 Å². The Labute approximate surface area is 204 Å². The third-order valence-electron chi connectivity index (χ3n) is 6.32. The van der Waals surface area contributed by atoms with Crippen molar-refractivity contribution in [3.8, 4) is 17.0 Å². The van der Waals surface area contributed by atoms with Crippen molar-refractivity contribution < 1.29 is 31.5 Å². The molecule has 0 unspecified atom stereocenters. The average Bonchev–Trinajstić information content (AvgIpc) is 2.79. The van der Waals surface area contributed by atoms with E-state index in [0.717, 1.165) is 37.0 Å². The number of carbonyl (C=O) groups excluding carboxylic acids is 1. The zero-order chi connectivity index (χ0) is 26.0. The number of hydrogen-bond acceptors (Lipinski definition) is 5. The van der Waals surface area contributed by atoms with Crippen LogP contribution in [0.1, 0.15) is 53.7 Å². The van der Waals surface area contributed by atoms with Crippen LogP contribution in [0.5, 0.6) is 5.75 Å². The maximum Gasteiger partial charge on any atom is 0.387 e. The molecule has 3 aromatic rings. The van der Waals surface area contributed by atoms with Crippen LogP contribution in [0, 0.1) is 23.4 Å². The van der Waals surface area contributed by atoms with Crippen LogP contribution in [0.3, 0.4) is 0 Å². The normalized spacial score (nSPS) is 19.9. The van der Waals surface area contributed by atoms with Gasteiger partial charge in [-0.15, -0.1) is 0 Å². The van der Waals surface area contributed by atoms with Crippen LogP contribution in [0.15, 0.2) is 42.7 Å². The number of halogens is 5. The number of hydrogen-bond donors (Lipinski definition) is 1. The zero-order valence-electron chi connectivity index (χ0n) is 19.4. The molecule has 10 heteroatoms. The average molecular weight is 505 g/mol. The number of nitrogens with zero attached hydrogens (tertiary/aromatic N) is 2. The lowest BCUT2D eigenvalue weighted by Gasteiger charge is -2.32. The van der Waals surface area contributed by atoms with Crippen molar-refractivity contribution in [3.05, 3.63) is 77.0 Å². The minimum atomic E-state index is -3.30. The third-order valence-corrected chi connectivity index (χ3v) is 6.32. The monoisotopic (exact) mass is 505 g/mol. The van der Waals surface area contributed by atoms with Gasteiger partial charge in [0.15, 0.2) is 5.78 Å². The first-order valence-electron chi connectivity index (χ1n) is 11.4. The standard InChI is InChI=1S/C26H24F5N3O2/c1-13-6-14(8-16(32)7-13)18-4-5-33-12-15(18)9-23(35)22-3-2-19(27)25(34-22)24-20(28)10-17(11-21(24)29)36-26(30)31/h2-5,10-14,16,26H,6-9,32H2,1H3/t13-,14+,16-/m0/s1. The summed E-state index contributed by atoms with van der Waals surface area (Å²) in [5, 5.41) is 0. The number of ketones is 1. The summed E-state index contributed by atoms with van der Waals surface area (Å²) in [7, 11) is 0. The van der Waals surface area contributed by atoms with Gasteiger partial charge in [-0.05, 0) is 60.4 Å². The van der Waals surface area contributed by atoms with E-state index in [1.54, 1.807) is 12.4 Å². The van der Waals surface area contributed by atoms with Crippen LogP contribution < -0.4 is 10.5 Å². The highest BCUT2D eigenvalue weighted by Gasteiger charge is 2.28. The number of pyridine rings is 2. The lowest BCUT2D eigenvalue weighted by Crippen LogP contribution is -2.31. The molecule has 0 saturated heterocycles. The largest absolute Gasteiger partial charge is 0.435 e. The molecule has 1 fully saturated rings. The van der Waals surface area contributed by atoms with Gasteiger partial charge in [0.25, 0.3) is 0 Å². The molecule has 0 aliphatic heterocycles. The Kier molecular flexibility index (Phi) is 7.63. The summed E-state index contributed by atoms with van der Waals surface area (Å²) in [5.74, 6) is -4.49. The molecule has 1 aliphatic rings. The Morgan fingerprint density at radius 3 is 2.47 bits per heavy atom. The molecule has 0 spiro atoms. The van der Waals surface area contributed by atoms with Crippen LogP contribution >= 0.6 is 0 Å². The molecule has 36 heavy (non-hydrogen) atoms. The number of ether oxygens (including phenoxy) is 1. The molecule has 0 bridgehead atoms. The highest BCUT2D eigenvalue weighted by atomic mass is 19.3. The Bertz CT molecular complexity index is 1240. The van der Waals surface area contributed by atoms with E-state index >= 15 is 0 Å². The van der Waals surface area contributed by atoms with Crippen molar-refractivity contribution in [2.24, 2.45) is 11.7 Å². The maximum absolute atomic E-state index is 14.6. The predicted molar refractivity (Wildman–Crippen MR) is 122 cm³/mol. The molecule has 1 aromatic carbocycles. The molecule has 0 amide bonds. The number of Topliss-reactive ketones (excluding diaryl/α,β-unsaturated/α-hetero) is 1. The fourth-order valence-corrected chi connectivity index (χ4v) is 4.88.